The Morgan fingerprint density at radius 2 is 1.28 bits per heavy atom. The molecule has 0 aliphatic heterocycles. The summed E-state index contributed by atoms with van der Waals surface area (Å²) in [6, 6.07) is 16.4. The van der Waals surface area contributed by atoms with E-state index < -0.39 is 5.60 Å². The maximum atomic E-state index is 9.97. The molecule has 2 fully saturated rings. The zero-order valence-corrected chi connectivity index (χ0v) is 16.7. The minimum atomic E-state index is -0.492. The highest BCUT2D eigenvalue weighted by atomic mass is 79.9. The molecule has 4 rings (SSSR count). The van der Waals surface area contributed by atoms with Gasteiger partial charge in [-0.25, -0.2) is 0 Å². The third-order valence-corrected chi connectivity index (χ3v) is 5.22. The van der Waals surface area contributed by atoms with Crippen LogP contribution >= 0.6 is 15.9 Å². The first-order chi connectivity index (χ1) is 11.9. The van der Waals surface area contributed by atoms with Gasteiger partial charge in [-0.1, -0.05) is 63.5 Å². The van der Waals surface area contributed by atoms with Crippen LogP contribution in [0.5, 0.6) is 0 Å². The first kappa shape index (κ1) is 19.9. The largest absolute Gasteiger partial charge is 0.385 e. The quantitative estimate of drug-likeness (QED) is 0.647. The lowest BCUT2D eigenvalue weighted by Gasteiger charge is -2.37. The van der Waals surface area contributed by atoms with Crippen molar-refractivity contribution in [3.05, 3.63) is 69.7 Å². The van der Waals surface area contributed by atoms with Crippen LogP contribution in [0.2, 0.25) is 0 Å². The van der Waals surface area contributed by atoms with Crippen molar-refractivity contribution in [3.8, 4) is 0 Å². The molecule has 2 aliphatic carbocycles. The van der Waals surface area contributed by atoms with Gasteiger partial charge >= 0.3 is 0 Å². The van der Waals surface area contributed by atoms with Crippen molar-refractivity contribution in [1.29, 1.82) is 0 Å². The Balaban J connectivity index is 0.000000149. The van der Waals surface area contributed by atoms with E-state index in [0.29, 0.717) is 5.78 Å². The van der Waals surface area contributed by atoms with Gasteiger partial charge in [0.25, 0.3) is 0 Å². The summed E-state index contributed by atoms with van der Waals surface area (Å²) in [7, 11) is 0. The van der Waals surface area contributed by atoms with Crippen LogP contribution in [0.15, 0.2) is 53.0 Å². The van der Waals surface area contributed by atoms with Crippen LogP contribution in [-0.4, -0.2) is 10.9 Å². The van der Waals surface area contributed by atoms with E-state index in [4.69, 9.17) is 0 Å². The minimum Gasteiger partial charge on any atom is -0.385 e. The van der Waals surface area contributed by atoms with Crippen molar-refractivity contribution in [3.63, 3.8) is 0 Å². The molecule has 0 heterocycles. The Morgan fingerprint density at radius 3 is 1.56 bits per heavy atom. The van der Waals surface area contributed by atoms with Gasteiger partial charge in [-0.05, 0) is 57.2 Å². The highest BCUT2D eigenvalue weighted by molar-refractivity contribution is 9.10. The lowest BCUT2D eigenvalue weighted by Crippen LogP contribution is -2.33. The molecule has 1 N–H and O–H groups in total. The maximum absolute atomic E-state index is 9.97. The van der Waals surface area contributed by atoms with Gasteiger partial charge in [-0.3, -0.25) is 4.79 Å². The normalized spacial score (nSPS) is 17.0. The molecule has 0 amide bonds. The van der Waals surface area contributed by atoms with E-state index in [1.165, 1.54) is 11.1 Å². The molecule has 0 spiro atoms. The summed E-state index contributed by atoms with van der Waals surface area (Å²) < 4.78 is 1.14. The van der Waals surface area contributed by atoms with Crippen LogP contribution in [0.4, 0.5) is 0 Å². The summed E-state index contributed by atoms with van der Waals surface area (Å²) in [5.74, 6) is 0.435. The molecule has 0 unspecified atom stereocenters. The molecule has 0 atom stereocenters. The summed E-state index contributed by atoms with van der Waals surface area (Å²) in [4.78, 5) is 9.90. The molecule has 0 radical (unpaired) electrons. The molecule has 134 valence electrons. The van der Waals surface area contributed by atoms with Crippen molar-refractivity contribution in [2.45, 2.75) is 58.0 Å². The molecule has 0 aromatic heterocycles. The lowest BCUT2D eigenvalue weighted by atomic mass is 9.75. The van der Waals surface area contributed by atoms with Gasteiger partial charge in [0.05, 0.1) is 5.60 Å². The Bertz CT molecular complexity index is 643. The monoisotopic (exact) mass is 402 g/mol. The third-order valence-electron chi connectivity index (χ3n) is 4.69. The number of hydrogen-bond acceptors (Lipinski definition) is 2. The summed E-state index contributed by atoms with van der Waals surface area (Å²) in [5.41, 5.74) is 3.14. The molecular weight excluding hydrogens is 376 g/mol. The summed E-state index contributed by atoms with van der Waals surface area (Å²) in [5, 5.41) is 9.97. The molecule has 0 bridgehead atoms. The number of aliphatic hydroxyl groups is 1. The van der Waals surface area contributed by atoms with E-state index >= 15 is 0 Å². The number of ketones is 1. The summed E-state index contributed by atoms with van der Waals surface area (Å²) >= 11 is 3.35. The van der Waals surface area contributed by atoms with Crippen molar-refractivity contribution >= 4 is 21.7 Å². The van der Waals surface area contributed by atoms with Gasteiger partial charge in [-0.15, -0.1) is 0 Å². The van der Waals surface area contributed by atoms with Crippen LogP contribution in [0.3, 0.4) is 0 Å². The molecule has 2 nitrogen and oxygen atoms in total. The Morgan fingerprint density at radius 1 is 0.840 bits per heavy atom. The van der Waals surface area contributed by atoms with Crippen LogP contribution in [-0.2, 0) is 10.4 Å². The fourth-order valence-electron chi connectivity index (χ4n) is 2.52. The molecule has 2 aromatic rings. The lowest BCUT2D eigenvalue weighted by molar-refractivity contribution is -0.123. The van der Waals surface area contributed by atoms with Crippen LogP contribution < -0.4 is 0 Å². The molecule has 3 heteroatoms. The van der Waals surface area contributed by atoms with Crippen molar-refractivity contribution < 1.29 is 9.90 Å². The SMILES string of the molecule is Cc1ccc(Br)cc1.Cc1ccc(C2(O)CCC2)cc1.O=C1CCC1. The number of aryl methyl sites for hydroxylation is 2. The topological polar surface area (TPSA) is 37.3 Å². The van der Waals surface area contributed by atoms with Crippen LogP contribution in [0.25, 0.3) is 0 Å². The average Bonchev–Trinajstić information content (AvgIpc) is 2.55. The predicted molar refractivity (Wildman–Crippen MR) is 107 cm³/mol. The summed E-state index contributed by atoms with van der Waals surface area (Å²) in [6.07, 6.45) is 5.84. The van der Waals surface area contributed by atoms with E-state index in [-0.39, 0.29) is 0 Å². The van der Waals surface area contributed by atoms with Crippen LogP contribution in [0, 0.1) is 13.8 Å². The van der Waals surface area contributed by atoms with Gasteiger partial charge in [0.1, 0.15) is 5.78 Å². The third kappa shape index (κ3) is 6.41. The van der Waals surface area contributed by atoms with Gasteiger partial charge < -0.3 is 5.11 Å². The minimum absolute atomic E-state index is 0.435. The Labute approximate surface area is 159 Å². The van der Waals surface area contributed by atoms with E-state index in [9.17, 15) is 9.90 Å². The van der Waals surface area contributed by atoms with Gasteiger partial charge in [0.2, 0.25) is 0 Å². The van der Waals surface area contributed by atoms with E-state index in [1.54, 1.807) is 0 Å². The van der Waals surface area contributed by atoms with E-state index in [0.717, 1.165) is 48.6 Å². The zero-order chi connectivity index (χ0) is 18.3. The van der Waals surface area contributed by atoms with Crippen molar-refractivity contribution in [1.82, 2.24) is 0 Å². The molecule has 25 heavy (non-hydrogen) atoms. The number of benzene rings is 2. The summed E-state index contributed by atoms with van der Waals surface area (Å²) in [6.45, 7) is 4.14. The predicted octanol–water partition coefficient (Wildman–Crippen LogP) is 5.86. The van der Waals surface area contributed by atoms with Crippen molar-refractivity contribution in [2.24, 2.45) is 0 Å². The molecule has 0 saturated heterocycles. The number of hydrogen-bond donors (Lipinski definition) is 1. The van der Waals surface area contributed by atoms with Gasteiger partial charge in [0.15, 0.2) is 0 Å². The van der Waals surface area contributed by atoms with E-state index in [2.05, 4.69) is 54.0 Å². The maximum Gasteiger partial charge on any atom is 0.132 e. The number of halogens is 1. The van der Waals surface area contributed by atoms with Gasteiger partial charge in [-0.2, -0.15) is 0 Å². The second-order valence-electron chi connectivity index (χ2n) is 6.94. The molecule has 2 aliphatic rings. The standard InChI is InChI=1S/C11H14O.C7H7Br.C4H6O/c1-9-3-5-10(6-4-9)11(12)7-2-8-11;1-6-2-4-7(8)5-3-6;5-4-2-1-3-4/h3-6,12H,2,7-8H2,1H3;2-5H,1H3;1-3H2. The second-order valence-corrected chi connectivity index (χ2v) is 7.85. The smallest absolute Gasteiger partial charge is 0.132 e. The second kappa shape index (κ2) is 9.30. The molecule has 2 aromatic carbocycles. The first-order valence-corrected chi connectivity index (χ1v) is 9.72. The van der Waals surface area contributed by atoms with E-state index in [1.807, 2.05) is 24.3 Å². The highest BCUT2D eigenvalue weighted by Gasteiger charge is 2.35. The Hall–Kier alpha value is -1.45. The average molecular weight is 403 g/mol. The molecule has 2 saturated carbocycles. The zero-order valence-electron chi connectivity index (χ0n) is 15.1. The Kier molecular flexibility index (Phi) is 7.39. The number of rotatable bonds is 1. The number of carbonyl (C=O) groups excluding carboxylic acids is 1. The van der Waals surface area contributed by atoms with Crippen LogP contribution in [0.1, 0.15) is 55.2 Å². The highest BCUT2D eigenvalue weighted by Crippen LogP contribution is 2.40. The number of Topliss-reactive ketones (excluding diaryl/α,β-unsaturated/α-hetero) is 1. The number of carbonyl (C=O) groups is 1. The fraction of sp³-hybridized carbons (Fsp3) is 0.409. The fourth-order valence-corrected chi connectivity index (χ4v) is 2.78. The van der Waals surface area contributed by atoms with Crippen molar-refractivity contribution in [2.75, 3.05) is 0 Å². The molecular formula is C22H27BrO2. The first-order valence-electron chi connectivity index (χ1n) is 8.92. The van der Waals surface area contributed by atoms with Gasteiger partial charge in [0, 0.05) is 17.3 Å².